The molecule has 1 aliphatic carbocycles. The van der Waals surface area contributed by atoms with E-state index in [2.05, 4.69) is 25.2 Å². The lowest BCUT2D eigenvalue weighted by molar-refractivity contribution is -0.136. The number of urea groups is 1. The molecule has 3 amide bonds. The number of carbonyl (C=O) groups is 3. The number of para-hydroxylation sites is 1. The third kappa shape index (κ3) is 2.88. The molecule has 1 aromatic rings. The number of likely N-dealkylation sites (N-methyl/N-ethyl adjacent to an activating group) is 1. The first-order chi connectivity index (χ1) is 13.7. The van der Waals surface area contributed by atoms with Crippen molar-refractivity contribution in [3.05, 3.63) is 41.6 Å². The van der Waals surface area contributed by atoms with Crippen LogP contribution in [0.2, 0.25) is 0 Å². The summed E-state index contributed by atoms with van der Waals surface area (Å²) in [5.74, 6) is -0.402. The Hall–Kier alpha value is -2.63. The number of fused-ring (bicyclic) bond motifs is 1. The van der Waals surface area contributed by atoms with E-state index in [4.69, 9.17) is 0 Å². The molecule has 4 rings (SSSR count). The van der Waals surface area contributed by atoms with Gasteiger partial charge in [-0.15, -0.1) is 0 Å². The van der Waals surface area contributed by atoms with Gasteiger partial charge >= 0.3 is 6.03 Å². The van der Waals surface area contributed by atoms with Crippen LogP contribution < -0.4 is 10.2 Å². The van der Waals surface area contributed by atoms with E-state index in [0.717, 1.165) is 41.1 Å². The fourth-order valence-electron chi connectivity index (χ4n) is 5.25. The van der Waals surface area contributed by atoms with Crippen molar-refractivity contribution in [2.45, 2.75) is 57.4 Å². The van der Waals surface area contributed by atoms with Gasteiger partial charge in [-0.25, -0.2) is 4.79 Å². The quantitative estimate of drug-likeness (QED) is 0.629. The van der Waals surface area contributed by atoms with Crippen LogP contribution in [0.5, 0.6) is 0 Å². The molecule has 0 unspecified atom stereocenters. The summed E-state index contributed by atoms with van der Waals surface area (Å²) in [4.78, 5) is 41.7. The Labute approximate surface area is 171 Å². The molecule has 2 fully saturated rings. The topological polar surface area (TPSA) is 69.7 Å². The zero-order valence-corrected chi connectivity index (χ0v) is 17.6. The highest BCUT2D eigenvalue weighted by molar-refractivity contribution is 6.10. The molecule has 0 radical (unpaired) electrons. The zero-order chi connectivity index (χ0) is 21.0. The molecule has 2 heterocycles. The van der Waals surface area contributed by atoms with Crippen LogP contribution in [-0.2, 0) is 15.0 Å². The molecule has 29 heavy (non-hydrogen) atoms. The van der Waals surface area contributed by atoms with Crippen LogP contribution in [0.3, 0.4) is 0 Å². The van der Waals surface area contributed by atoms with Crippen LogP contribution in [0.4, 0.5) is 10.5 Å². The number of carbonyl (C=O) groups excluding carboxylic acids is 3. The summed E-state index contributed by atoms with van der Waals surface area (Å²) in [7, 11) is 1.94. The molecule has 154 valence electrons. The number of rotatable bonds is 3. The number of nitrogens with one attached hydrogen (secondary N) is 1. The highest BCUT2D eigenvalue weighted by atomic mass is 16.2. The predicted molar refractivity (Wildman–Crippen MR) is 112 cm³/mol. The second kappa shape index (κ2) is 6.71. The number of ketones is 1. The van der Waals surface area contributed by atoms with E-state index in [1.165, 1.54) is 0 Å². The number of imide groups is 1. The van der Waals surface area contributed by atoms with E-state index in [9.17, 15) is 14.4 Å². The van der Waals surface area contributed by atoms with Crippen LogP contribution in [0, 0.1) is 5.92 Å². The van der Waals surface area contributed by atoms with Crippen molar-refractivity contribution >= 4 is 23.4 Å². The number of allylic oxidation sites excluding steroid dienone is 1. The van der Waals surface area contributed by atoms with Gasteiger partial charge in [0, 0.05) is 29.9 Å². The summed E-state index contributed by atoms with van der Waals surface area (Å²) in [6.45, 7) is 5.96. The summed E-state index contributed by atoms with van der Waals surface area (Å²) >= 11 is 0. The number of hydrogen-bond acceptors (Lipinski definition) is 4. The van der Waals surface area contributed by atoms with Gasteiger partial charge in [0.1, 0.15) is 5.54 Å². The molecule has 6 heteroatoms. The Morgan fingerprint density at radius 1 is 1.24 bits per heavy atom. The predicted octanol–water partition coefficient (Wildman–Crippen LogP) is 3.37. The van der Waals surface area contributed by atoms with E-state index in [0.29, 0.717) is 6.42 Å². The van der Waals surface area contributed by atoms with Crippen molar-refractivity contribution in [3.63, 3.8) is 0 Å². The van der Waals surface area contributed by atoms with Crippen molar-refractivity contribution in [2.24, 2.45) is 5.92 Å². The maximum absolute atomic E-state index is 13.1. The monoisotopic (exact) mass is 395 g/mol. The number of nitrogens with zero attached hydrogens (tertiary/aromatic N) is 2. The van der Waals surface area contributed by atoms with Crippen LogP contribution in [0.1, 0.15) is 52.0 Å². The minimum absolute atomic E-state index is 0.0838. The van der Waals surface area contributed by atoms with Gasteiger partial charge in [-0.2, -0.15) is 0 Å². The van der Waals surface area contributed by atoms with Gasteiger partial charge in [0.05, 0.1) is 6.54 Å². The SMILES string of the molecule is C[C@H]1CCCC[C@]12NC(=O)N(CC(=O)C=C1N(C)c3ccccc3C1(C)C)C2=O. The number of hydrogen-bond donors (Lipinski definition) is 1. The lowest BCUT2D eigenvalue weighted by atomic mass is 9.73. The van der Waals surface area contributed by atoms with Crippen molar-refractivity contribution in [1.29, 1.82) is 0 Å². The largest absolute Gasteiger partial charge is 0.347 e. The average molecular weight is 396 g/mol. The van der Waals surface area contributed by atoms with Crippen molar-refractivity contribution in [3.8, 4) is 0 Å². The molecule has 1 saturated heterocycles. The summed E-state index contributed by atoms with van der Waals surface area (Å²) in [6, 6.07) is 7.64. The summed E-state index contributed by atoms with van der Waals surface area (Å²) in [6.07, 6.45) is 5.14. The fraction of sp³-hybridized carbons (Fsp3) is 0.522. The molecule has 1 aromatic carbocycles. The highest BCUT2D eigenvalue weighted by Crippen LogP contribution is 2.46. The summed E-state index contributed by atoms with van der Waals surface area (Å²) in [5, 5.41) is 2.91. The van der Waals surface area contributed by atoms with Gasteiger partial charge in [0.25, 0.3) is 5.91 Å². The molecule has 1 spiro atoms. The van der Waals surface area contributed by atoms with Gasteiger partial charge in [0.15, 0.2) is 5.78 Å². The number of anilines is 1. The van der Waals surface area contributed by atoms with E-state index in [1.54, 1.807) is 6.08 Å². The molecule has 0 aromatic heterocycles. The zero-order valence-electron chi connectivity index (χ0n) is 17.6. The lowest BCUT2D eigenvalue weighted by Crippen LogP contribution is -2.54. The standard InChI is InChI=1S/C23H29N3O3/c1-15-9-7-8-12-23(15)20(28)26(21(29)24-23)14-16(27)13-19-22(2,3)17-10-5-6-11-18(17)25(19)4/h5-6,10-11,13,15H,7-9,12,14H2,1-4H3,(H,24,29)/t15-,23-/m0/s1. The number of amides is 3. The fourth-order valence-corrected chi connectivity index (χ4v) is 5.25. The highest BCUT2D eigenvalue weighted by Gasteiger charge is 2.55. The minimum atomic E-state index is -0.831. The molecule has 2 atom stereocenters. The first-order valence-electron chi connectivity index (χ1n) is 10.4. The Morgan fingerprint density at radius 3 is 2.66 bits per heavy atom. The molecule has 3 aliphatic rings. The Kier molecular flexibility index (Phi) is 4.56. The third-order valence-corrected chi connectivity index (χ3v) is 7.05. The molecule has 1 saturated carbocycles. The normalized spacial score (nSPS) is 29.5. The Bertz CT molecular complexity index is 920. The van der Waals surface area contributed by atoms with E-state index < -0.39 is 11.6 Å². The summed E-state index contributed by atoms with van der Waals surface area (Å²) in [5.41, 5.74) is 1.95. The molecule has 0 bridgehead atoms. The molecule has 6 nitrogen and oxygen atoms in total. The van der Waals surface area contributed by atoms with Crippen LogP contribution in [0.15, 0.2) is 36.0 Å². The maximum Gasteiger partial charge on any atom is 0.325 e. The van der Waals surface area contributed by atoms with Crippen LogP contribution >= 0.6 is 0 Å². The van der Waals surface area contributed by atoms with Gasteiger partial charge in [0.2, 0.25) is 0 Å². The molecule has 2 aliphatic heterocycles. The first kappa shape index (κ1) is 19.7. The second-order valence-corrected chi connectivity index (χ2v) is 9.14. The van der Waals surface area contributed by atoms with Gasteiger partial charge in [-0.3, -0.25) is 14.5 Å². The van der Waals surface area contributed by atoms with Gasteiger partial charge in [-0.1, -0.05) is 51.8 Å². The first-order valence-corrected chi connectivity index (χ1v) is 10.4. The average Bonchev–Trinajstić information content (AvgIpc) is 3.03. The van der Waals surface area contributed by atoms with Gasteiger partial charge in [-0.05, 0) is 30.4 Å². The molecular formula is C23H29N3O3. The van der Waals surface area contributed by atoms with E-state index in [-0.39, 0.29) is 29.6 Å². The second-order valence-electron chi connectivity index (χ2n) is 9.14. The smallest absolute Gasteiger partial charge is 0.325 e. The van der Waals surface area contributed by atoms with E-state index in [1.807, 2.05) is 37.1 Å². The maximum atomic E-state index is 13.1. The Balaban J connectivity index is 1.56. The molecular weight excluding hydrogens is 366 g/mol. The van der Waals surface area contributed by atoms with Crippen LogP contribution in [0.25, 0.3) is 0 Å². The number of benzene rings is 1. The van der Waals surface area contributed by atoms with Crippen molar-refractivity contribution < 1.29 is 14.4 Å². The lowest BCUT2D eigenvalue weighted by Gasteiger charge is -2.36. The van der Waals surface area contributed by atoms with Crippen molar-refractivity contribution in [2.75, 3.05) is 18.5 Å². The summed E-state index contributed by atoms with van der Waals surface area (Å²) < 4.78 is 0. The van der Waals surface area contributed by atoms with E-state index >= 15 is 0 Å². The minimum Gasteiger partial charge on any atom is -0.347 e. The van der Waals surface area contributed by atoms with Crippen molar-refractivity contribution in [1.82, 2.24) is 10.2 Å². The van der Waals surface area contributed by atoms with Gasteiger partial charge < -0.3 is 10.2 Å². The Morgan fingerprint density at radius 2 is 1.97 bits per heavy atom. The third-order valence-electron chi connectivity index (χ3n) is 7.05. The molecule has 1 N–H and O–H groups in total. The van der Waals surface area contributed by atoms with Crippen LogP contribution in [-0.4, -0.2) is 41.8 Å².